The van der Waals surface area contributed by atoms with Gasteiger partial charge in [0.15, 0.2) is 0 Å². The van der Waals surface area contributed by atoms with E-state index in [9.17, 15) is 0 Å². The molecule has 1 aliphatic rings. The summed E-state index contributed by atoms with van der Waals surface area (Å²) in [6.45, 7) is 4.34. The van der Waals surface area contributed by atoms with E-state index in [1.54, 1.807) is 0 Å². The van der Waals surface area contributed by atoms with Gasteiger partial charge in [-0.3, -0.25) is 0 Å². The number of hydrogen-bond acceptors (Lipinski definition) is 2. The first-order chi connectivity index (χ1) is 8.15. The largest absolute Gasteiger partial charge is 0.381 e. The molecule has 1 unspecified atom stereocenters. The van der Waals surface area contributed by atoms with E-state index in [1.807, 2.05) is 6.07 Å². The summed E-state index contributed by atoms with van der Waals surface area (Å²) in [4.78, 5) is 0. The molecule has 2 nitrogen and oxygen atoms in total. The lowest BCUT2D eigenvalue weighted by molar-refractivity contribution is -0.00262. The van der Waals surface area contributed by atoms with Crippen LogP contribution >= 0.6 is 11.6 Å². The van der Waals surface area contributed by atoms with Gasteiger partial charge >= 0.3 is 0 Å². The van der Waals surface area contributed by atoms with E-state index >= 15 is 0 Å². The predicted octanol–water partition coefficient (Wildman–Crippen LogP) is 2.95. The second-order valence-corrected chi connectivity index (χ2v) is 5.54. The zero-order valence-corrected chi connectivity index (χ0v) is 11.1. The molecule has 0 radical (unpaired) electrons. The average Bonchev–Trinajstić information content (AvgIpc) is 2.34. The lowest BCUT2D eigenvalue weighted by Gasteiger charge is -2.36. The van der Waals surface area contributed by atoms with E-state index in [1.165, 1.54) is 11.1 Å². The normalized spacial score (nSPS) is 24.9. The Kier molecular flexibility index (Phi) is 4.08. The second kappa shape index (κ2) is 5.38. The third kappa shape index (κ3) is 3.01. The fourth-order valence-electron chi connectivity index (χ4n) is 2.48. The molecule has 1 aromatic rings. The minimum absolute atomic E-state index is 0.0805. The molecule has 1 atom stereocenters. The Bertz CT molecular complexity index is 386. The molecule has 0 aliphatic carbocycles. The molecule has 3 heteroatoms. The van der Waals surface area contributed by atoms with Gasteiger partial charge in [-0.15, -0.1) is 0 Å². The minimum Gasteiger partial charge on any atom is -0.381 e. The monoisotopic (exact) mass is 253 g/mol. The highest BCUT2D eigenvalue weighted by molar-refractivity contribution is 6.31. The molecule has 1 aromatic carbocycles. The lowest BCUT2D eigenvalue weighted by Crippen LogP contribution is -2.40. The van der Waals surface area contributed by atoms with Crippen molar-refractivity contribution in [1.29, 1.82) is 0 Å². The summed E-state index contributed by atoms with van der Waals surface area (Å²) >= 11 is 6.29. The molecule has 2 rings (SSSR count). The van der Waals surface area contributed by atoms with Crippen LogP contribution in [0.4, 0.5) is 0 Å². The van der Waals surface area contributed by atoms with Crippen LogP contribution in [0.15, 0.2) is 18.2 Å². The standard InChI is InChI=1S/C14H20ClNO/c1-11-3-4-12(13(15)7-11)8-14(9-16)5-2-6-17-10-14/h3-4,7H,2,5-6,8-10,16H2,1H3. The Labute approximate surface area is 108 Å². The van der Waals surface area contributed by atoms with Gasteiger partial charge in [-0.05, 0) is 43.4 Å². The van der Waals surface area contributed by atoms with Crippen LogP contribution in [-0.2, 0) is 11.2 Å². The Morgan fingerprint density at radius 1 is 1.47 bits per heavy atom. The first kappa shape index (κ1) is 12.9. The number of halogens is 1. The van der Waals surface area contributed by atoms with Crippen LogP contribution in [0.3, 0.4) is 0 Å². The number of aryl methyl sites for hydroxylation is 1. The molecule has 0 amide bonds. The Balaban J connectivity index is 2.17. The van der Waals surface area contributed by atoms with E-state index in [0.29, 0.717) is 6.54 Å². The summed E-state index contributed by atoms with van der Waals surface area (Å²) in [5.74, 6) is 0. The quantitative estimate of drug-likeness (QED) is 0.899. The number of ether oxygens (including phenoxy) is 1. The Morgan fingerprint density at radius 3 is 2.88 bits per heavy atom. The van der Waals surface area contributed by atoms with Crippen molar-refractivity contribution in [2.24, 2.45) is 11.1 Å². The molecule has 94 valence electrons. The van der Waals surface area contributed by atoms with E-state index in [0.717, 1.165) is 37.5 Å². The van der Waals surface area contributed by atoms with Crippen LogP contribution in [0.2, 0.25) is 5.02 Å². The van der Waals surface area contributed by atoms with Crippen LogP contribution in [-0.4, -0.2) is 19.8 Å². The molecule has 1 aliphatic heterocycles. The van der Waals surface area contributed by atoms with Crippen molar-refractivity contribution in [2.45, 2.75) is 26.2 Å². The molecule has 1 saturated heterocycles. The van der Waals surface area contributed by atoms with Gasteiger partial charge in [0, 0.05) is 23.6 Å². The maximum Gasteiger partial charge on any atom is 0.0537 e. The van der Waals surface area contributed by atoms with E-state index in [4.69, 9.17) is 22.1 Å². The molecule has 1 heterocycles. The summed E-state index contributed by atoms with van der Waals surface area (Å²) in [5, 5.41) is 0.850. The van der Waals surface area contributed by atoms with Crippen LogP contribution in [0.1, 0.15) is 24.0 Å². The van der Waals surface area contributed by atoms with E-state index in [2.05, 4.69) is 19.1 Å². The van der Waals surface area contributed by atoms with E-state index < -0.39 is 0 Å². The molecule has 0 spiro atoms. The van der Waals surface area contributed by atoms with E-state index in [-0.39, 0.29) is 5.41 Å². The van der Waals surface area contributed by atoms with Crippen molar-refractivity contribution in [1.82, 2.24) is 0 Å². The first-order valence-electron chi connectivity index (χ1n) is 6.18. The summed E-state index contributed by atoms with van der Waals surface area (Å²) in [5.41, 5.74) is 8.41. The first-order valence-corrected chi connectivity index (χ1v) is 6.56. The topological polar surface area (TPSA) is 35.2 Å². The summed E-state index contributed by atoms with van der Waals surface area (Å²) in [6.07, 6.45) is 3.15. The molecular weight excluding hydrogens is 234 g/mol. The third-order valence-corrected chi connectivity index (χ3v) is 3.96. The fraction of sp³-hybridized carbons (Fsp3) is 0.571. The summed E-state index contributed by atoms with van der Waals surface area (Å²) in [6, 6.07) is 6.24. The van der Waals surface area contributed by atoms with Crippen molar-refractivity contribution in [3.8, 4) is 0 Å². The average molecular weight is 254 g/mol. The highest BCUT2D eigenvalue weighted by Gasteiger charge is 2.32. The maximum absolute atomic E-state index is 6.29. The zero-order chi connectivity index (χ0) is 12.3. The zero-order valence-electron chi connectivity index (χ0n) is 10.3. The van der Waals surface area contributed by atoms with Gasteiger partial charge in [-0.1, -0.05) is 23.7 Å². The van der Waals surface area contributed by atoms with Crippen LogP contribution < -0.4 is 5.73 Å². The number of benzene rings is 1. The second-order valence-electron chi connectivity index (χ2n) is 5.13. The van der Waals surface area contributed by atoms with Crippen molar-refractivity contribution in [3.63, 3.8) is 0 Å². The van der Waals surface area contributed by atoms with Gasteiger partial charge in [-0.25, -0.2) is 0 Å². The van der Waals surface area contributed by atoms with Gasteiger partial charge in [0.25, 0.3) is 0 Å². The van der Waals surface area contributed by atoms with Gasteiger partial charge in [0.2, 0.25) is 0 Å². The van der Waals surface area contributed by atoms with Crippen molar-refractivity contribution < 1.29 is 4.74 Å². The van der Waals surface area contributed by atoms with Crippen molar-refractivity contribution in [2.75, 3.05) is 19.8 Å². The number of hydrogen-bond donors (Lipinski definition) is 1. The Hall–Kier alpha value is -0.570. The van der Waals surface area contributed by atoms with Gasteiger partial charge in [0.1, 0.15) is 0 Å². The van der Waals surface area contributed by atoms with Crippen LogP contribution in [0.5, 0.6) is 0 Å². The summed E-state index contributed by atoms with van der Waals surface area (Å²) in [7, 11) is 0. The third-order valence-electron chi connectivity index (χ3n) is 3.61. The molecule has 0 aromatic heterocycles. The molecular formula is C14H20ClNO. The van der Waals surface area contributed by atoms with Crippen molar-refractivity contribution in [3.05, 3.63) is 34.3 Å². The molecule has 1 fully saturated rings. The van der Waals surface area contributed by atoms with Crippen LogP contribution in [0, 0.1) is 12.3 Å². The predicted molar refractivity (Wildman–Crippen MR) is 71.4 cm³/mol. The van der Waals surface area contributed by atoms with Gasteiger partial charge < -0.3 is 10.5 Å². The SMILES string of the molecule is Cc1ccc(CC2(CN)CCCOC2)c(Cl)c1. The highest BCUT2D eigenvalue weighted by Crippen LogP contribution is 2.33. The maximum atomic E-state index is 6.29. The van der Waals surface area contributed by atoms with Crippen molar-refractivity contribution >= 4 is 11.6 Å². The fourth-order valence-corrected chi connectivity index (χ4v) is 2.78. The van der Waals surface area contributed by atoms with Crippen LogP contribution in [0.25, 0.3) is 0 Å². The highest BCUT2D eigenvalue weighted by atomic mass is 35.5. The lowest BCUT2D eigenvalue weighted by atomic mass is 9.77. The molecule has 0 saturated carbocycles. The smallest absolute Gasteiger partial charge is 0.0537 e. The van der Waals surface area contributed by atoms with Gasteiger partial charge in [0.05, 0.1) is 6.61 Å². The molecule has 2 N–H and O–H groups in total. The van der Waals surface area contributed by atoms with Gasteiger partial charge in [-0.2, -0.15) is 0 Å². The number of nitrogens with two attached hydrogens (primary N) is 1. The summed E-state index contributed by atoms with van der Waals surface area (Å²) < 4.78 is 5.59. The minimum atomic E-state index is 0.0805. The number of rotatable bonds is 3. The molecule has 0 bridgehead atoms. The Morgan fingerprint density at radius 2 is 2.29 bits per heavy atom. The molecule has 17 heavy (non-hydrogen) atoms.